The first-order chi connectivity index (χ1) is 17.8. The Hall–Kier alpha value is -3.97. The third kappa shape index (κ3) is 5.73. The number of alkyl halides is 3. The predicted molar refractivity (Wildman–Crippen MR) is 138 cm³/mol. The summed E-state index contributed by atoms with van der Waals surface area (Å²) in [7, 11) is 0. The van der Waals surface area contributed by atoms with Gasteiger partial charge in [0.05, 0.1) is 11.3 Å². The van der Waals surface area contributed by atoms with E-state index in [2.05, 4.69) is 15.2 Å². The molecule has 0 atom stereocenters. The van der Waals surface area contributed by atoms with Crippen molar-refractivity contribution in [3.63, 3.8) is 0 Å². The lowest BCUT2D eigenvalue weighted by atomic mass is 9.97. The number of carbonyl (C=O) groups is 1. The zero-order valence-corrected chi connectivity index (χ0v) is 20.3. The summed E-state index contributed by atoms with van der Waals surface area (Å²) < 4.78 is 38.9. The van der Waals surface area contributed by atoms with E-state index < -0.39 is 11.7 Å². The van der Waals surface area contributed by atoms with Gasteiger partial charge in [0.1, 0.15) is 0 Å². The molecule has 0 radical (unpaired) electrons. The Balaban J connectivity index is 1.30. The highest BCUT2D eigenvalue weighted by Crippen LogP contribution is 2.32. The highest BCUT2D eigenvalue weighted by molar-refractivity contribution is 6.08. The maximum atomic E-state index is 13.2. The van der Waals surface area contributed by atoms with Crippen molar-refractivity contribution in [3.05, 3.63) is 119 Å². The van der Waals surface area contributed by atoms with Crippen molar-refractivity contribution in [1.82, 2.24) is 9.88 Å². The number of benzene rings is 3. The first kappa shape index (κ1) is 24.7. The summed E-state index contributed by atoms with van der Waals surface area (Å²) in [6.45, 7) is 4.50. The zero-order valence-electron chi connectivity index (χ0n) is 20.3. The van der Waals surface area contributed by atoms with Gasteiger partial charge in [-0.3, -0.25) is 14.7 Å². The summed E-state index contributed by atoms with van der Waals surface area (Å²) in [5, 5.41) is 2.97. The molecule has 0 aliphatic carbocycles. The molecule has 7 heteroatoms. The molecule has 5 rings (SSSR count). The number of aryl methyl sites for hydroxylation is 1. The Morgan fingerprint density at radius 3 is 2.49 bits per heavy atom. The van der Waals surface area contributed by atoms with Crippen LogP contribution in [-0.2, 0) is 25.7 Å². The minimum atomic E-state index is -4.41. The van der Waals surface area contributed by atoms with Crippen LogP contribution in [0.2, 0.25) is 0 Å². The van der Waals surface area contributed by atoms with Crippen molar-refractivity contribution in [2.45, 2.75) is 32.6 Å². The molecule has 37 heavy (non-hydrogen) atoms. The van der Waals surface area contributed by atoms with Crippen molar-refractivity contribution in [1.29, 1.82) is 0 Å². The third-order valence-electron chi connectivity index (χ3n) is 6.58. The highest BCUT2D eigenvalue weighted by Gasteiger charge is 2.30. The number of nitrogens with zero attached hydrogens (tertiary/aromatic N) is 2. The van der Waals surface area contributed by atoms with Gasteiger partial charge in [-0.15, -0.1) is 0 Å². The molecule has 1 aromatic heterocycles. The second-order valence-corrected chi connectivity index (χ2v) is 9.29. The molecule has 3 aromatic carbocycles. The molecule has 4 aromatic rings. The molecule has 2 heterocycles. The van der Waals surface area contributed by atoms with Crippen LogP contribution in [0.15, 0.2) is 84.9 Å². The number of amides is 1. The number of rotatable bonds is 5. The van der Waals surface area contributed by atoms with Gasteiger partial charge < -0.3 is 5.32 Å². The standard InChI is InChI=1S/C30H26F3N3O/c1-20-5-4-6-26(34-20)19-36-16-15-22-17-25(14-11-23(22)18-36)35-29(37)28-8-3-2-7-27(28)21-9-12-24(13-10-21)30(31,32)33/h2-14,17H,15-16,18-19H2,1H3,(H,35,37). The van der Waals surface area contributed by atoms with E-state index in [1.807, 2.05) is 43.3 Å². The normalized spacial score (nSPS) is 13.7. The van der Waals surface area contributed by atoms with Crippen LogP contribution in [0.3, 0.4) is 0 Å². The summed E-state index contributed by atoms with van der Waals surface area (Å²) in [6, 6.07) is 23.8. The average Bonchev–Trinajstić information content (AvgIpc) is 2.88. The summed E-state index contributed by atoms with van der Waals surface area (Å²) >= 11 is 0. The van der Waals surface area contributed by atoms with E-state index in [-0.39, 0.29) is 5.91 Å². The van der Waals surface area contributed by atoms with E-state index in [1.165, 1.54) is 23.3 Å². The SMILES string of the molecule is Cc1cccc(CN2CCc3cc(NC(=O)c4ccccc4-c4ccc(C(F)(F)F)cc4)ccc3C2)n1. The Labute approximate surface area is 213 Å². The molecule has 0 saturated carbocycles. The number of fused-ring (bicyclic) bond motifs is 1. The van der Waals surface area contributed by atoms with E-state index in [0.29, 0.717) is 22.4 Å². The summed E-state index contributed by atoms with van der Waals surface area (Å²) in [6.07, 6.45) is -3.54. The molecule has 4 nitrogen and oxygen atoms in total. The van der Waals surface area contributed by atoms with Crippen LogP contribution in [0.1, 0.15) is 38.4 Å². The number of pyridine rings is 1. The van der Waals surface area contributed by atoms with Gasteiger partial charge in [-0.2, -0.15) is 13.2 Å². The Bertz CT molecular complexity index is 1430. The van der Waals surface area contributed by atoms with E-state index in [4.69, 9.17) is 0 Å². The molecular formula is C30H26F3N3O. The fourth-order valence-electron chi connectivity index (χ4n) is 4.71. The number of anilines is 1. The molecule has 1 N–H and O–H groups in total. The Kier molecular flexibility index (Phi) is 6.80. The van der Waals surface area contributed by atoms with Gasteiger partial charge in [-0.05, 0) is 78.1 Å². The second-order valence-electron chi connectivity index (χ2n) is 9.29. The van der Waals surface area contributed by atoms with Crippen LogP contribution < -0.4 is 5.32 Å². The lowest BCUT2D eigenvalue weighted by Gasteiger charge is -2.29. The maximum absolute atomic E-state index is 13.2. The van der Waals surface area contributed by atoms with E-state index >= 15 is 0 Å². The average molecular weight is 502 g/mol. The molecule has 1 aliphatic rings. The quantitative estimate of drug-likeness (QED) is 0.324. The van der Waals surface area contributed by atoms with Gasteiger partial charge in [0.2, 0.25) is 0 Å². The van der Waals surface area contributed by atoms with Gasteiger partial charge in [-0.1, -0.05) is 42.5 Å². The smallest absolute Gasteiger partial charge is 0.322 e. The number of aromatic nitrogens is 1. The molecule has 1 aliphatic heterocycles. The van der Waals surface area contributed by atoms with Crippen LogP contribution in [-0.4, -0.2) is 22.3 Å². The number of halogens is 3. The van der Waals surface area contributed by atoms with Crippen molar-refractivity contribution in [2.24, 2.45) is 0 Å². The topological polar surface area (TPSA) is 45.2 Å². The van der Waals surface area contributed by atoms with Gasteiger partial charge in [-0.25, -0.2) is 0 Å². The van der Waals surface area contributed by atoms with Gasteiger partial charge in [0, 0.05) is 36.6 Å². The summed E-state index contributed by atoms with van der Waals surface area (Å²) in [5.74, 6) is -0.307. The Morgan fingerprint density at radius 1 is 0.946 bits per heavy atom. The number of hydrogen-bond donors (Lipinski definition) is 1. The molecule has 0 saturated heterocycles. The first-order valence-electron chi connectivity index (χ1n) is 12.1. The van der Waals surface area contributed by atoms with Crippen LogP contribution >= 0.6 is 0 Å². The number of nitrogens with one attached hydrogen (secondary N) is 1. The third-order valence-corrected chi connectivity index (χ3v) is 6.58. The molecule has 0 spiro atoms. The predicted octanol–water partition coefficient (Wildman–Crippen LogP) is 6.89. The lowest BCUT2D eigenvalue weighted by Crippen LogP contribution is -2.30. The second kappa shape index (κ2) is 10.2. The van der Waals surface area contributed by atoms with Crippen LogP contribution in [0.5, 0.6) is 0 Å². The monoisotopic (exact) mass is 501 g/mol. The molecule has 0 fully saturated rings. The zero-order chi connectivity index (χ0) is 26.0. The van der Waals surface area contributed by atoms with Crippen molar-refractivity contribution in [2.75, 3.05) is 11.9 Å². The van der Waals surface area contributed by atoms with Crippen LogP contribution in [0, 0.1) is 6.92 Å². The number of hydrogen-bond acceptors (Lipinski definition) is 3. The summed E-state index contributed by atoms with van der Waals surface area (Å²) in [5.41, 5.74) is 5.98. The van der Waals surface area contributed by atoms with Crippen molar-refractivity contribution >= 4 is 11.6 Å². The molecule has 0 unspecified atom stereocenters. The van der Waals surface area contributed by atoms with Crippen LogP contribution in [0.25, 0.3) is 11.1 Å². The minimum Gasteiger partial charge on any atom is -0.322 e. The minimum absolute atomic E-state index is 0.307. The largest absolute Gasteiger partial charge is 0.416 e. The van der Waals surface area contributed by atoms with Gasteiger partial charge >= 0.3 is 6.18 Å². The van der Waals surface area contributed by atoms with E-state index in [1.54, 1.807) is 24.3 Å². The summed E-state index contributed by atoms with van der Waals surface area (Å²) in [4.78, 5) is 20.1. The van der Waals surface area contributed by atoms with Gasteiger partial charge in [0.15, 0.2) is 0 Å². The van der Waals surface area contributed by atoms with E-state index in [0.717, 1.165) is 49.6 Å². The van der Waals surface area contributed by atoms with Crippen LogP contribution in [0.4, 0.5) is 18.9 Å². The highest BCUT2D eigenvalue weighted by atomic mass is 19.4. The van der Waals surface area contributed by atoms with Gasteiger partial charge in [0.25, 0.3) is 5.91 Å². The van der Waals surface area contributed by atoms with Crippen molar-refractivity contribution < 1.29 is 18.0 Å². The Morgan fingerprint density at radius 2 is 1.73 bits per heavy atom. The first-order valence-corrected chi connectivity index (χ1v) is 12.1. The van der Waals surface area contributed by atoms with E-state index in [9.17, 15) is 18.0 Å². The number of carbonyl (C=O) groups excluding carboxylic acids is 1. The maximum Gasteiger partial charge on any atom is 0.416 e. The van der Waals surface area contributed by atoms with Crippen molar-refractivity contribution in [3.8, 4) is 11.1 Å². The molecule has 188 valence electrons. The fourth-order valence-corrected chi connectivity index (χ4v) is 4.71. The lowest BCUT2D eigenvalue weighted by molar-refractivity contribution is -0.137. The molecule has 0 bridgehead atoms. The molecular weight excluding hydrogens is 475 g/mol. The fraction of sp³-hybridized carbons (Fsp3) is 0.200. The molecule has 1 amide bonds.